The van der Waals surface area contributed by atoms with Gasteiger partial charge in [0.25, 0.3) is 0 Å². The Balaban J connectivity index is 2.17. The van der Waals surface area contributed by atoms with Crippen molar-refractivity contribution >= 4 is 11.3 Å². The molecule has 0 saturated carbocycles. The third-order valence-corrected chi connectivity index (χ3v) is 3.91. The third-order valence-electron chi connectivity index (χ3n) is 2.90. The fourth-order valence-corrected chi connectivity index (χ4v) is 2.89. The van der Waals surface area contributed by atoms with Crippen molar-refractivity contribution in [2.45, 2.75) is 12.5 Å². The van der Waals surface area contributed by atoms with E-state index < -0.39 is 0 Å². The van der Waals surface area contributed by atoms with Crippen molar-refractivity contribution in [2.24, 2.45) is 0 Å². The lowest BCUT2D eigenvalue weighted by molar-refractivity contribution is 0.405. The average molecular weight is 265 g/mol. The van der Waals surface area contributed by atoms with Crippen LogP contribution in [0.2, 0.25) is 0 Å². The minimum absolute atomic E-state index is 0.186. The van der Waals surface area contributed by atoms with Gasteiger partial charge in [-0.2, -0.15) is 0 Å². The maximum Gasteiger partial charge on any atom is 0.134 e. The summed E-state index contributed by atoms with van der Waals surface area (Å²) in [5.74, 6) is 0.704. The number of ether oxygens (including phenoxy) is 1. The Kier molecular flexibility index (Phi) is 4.33. The van der Waals surface area contributed by atoms with Crippen LogP contribution < -0.4 is 10.1 Å². The molecular weight excluding hydrogens is 249 g/mol. The molecule has 2 rings (SSSR count). The van der Waals surface area contributed by atoms with E-state index in [9.17, 15) is 4.39 Å². The standard InChI is InChI=1S/C14H16FNOS/c1-16-12(14-13(17-2)7-8-18-14)9-10-3-5-11(15)6-4-10/h3-8,12,16H,9H2,1-2H3. The van der Waals surface area contributed by atoms with E-state index in [0.29, 0.717) is 0 Å². The summed E-state index contributed by atoms with van der Waals surface area (Å²) in [6.45, 7) is 0. The molecule has 0 radical (unpaired) electrons. The van der Waals surface area contributed by atoms with Crippen LogP contribution in [0.5, 0.6) is 5.75 Å². The minimum Gasteiger partial charge on any atom is -0.496 e. The summed E-state index contributed by atoms with van der Waals surface area (Å²) in [5, 5.41) is 5.30. The molecule has 2 nitrogen and oxygen atoms in total. The van der Waals surface area contributed by atoms with Crippen molar-refractivity contribution in [2.75, 3.05) is 14.2 Å². The second-order valence-corrected chi connectivity index (χ2v) is 4.97. The van der Waals surface area contributed by atoms with Gasteiger partial charge in [0.1, 0.15) is 11.6 Å². The van der Waals surface area contributed by atoms with Gasteiger partial charge in [-0.3, -0.25) is 0 Å². The van der Waals surface area contributed by atoms with E-state index in [1.807, 2.05) is 30.6 Å². The Morgan fingerprint density at radius 1 is 1.28 bits per heavy atom. The fraction of sp³-hybridized carbons (Fsp3) is 0.286. The smallest absolute Gasteiger partial charge is 0.134 e. The van der Waals surface area contributed by atoms with Gasteiger partial charge in [-0.1, -0.05) is 12.1 Å². The van der Waals surface area contributed by atoms with E-state index in [-0.39, 0.29) is 11.9 Å². The number of thiophene rings is 1. The molecule has 1 aromatic carbocycles. The first-order chi connectivity index (χ1) is 8.74. The maximum absolute atomic E-state index is 12.9. The summed E-state index contributed by atoms with van der Waals surface area (Å²) in [6.07, 6.45) is 0.813. The van der Waals surface area contributed by atoms with Crippen molar-refractivity contribution in [3.8, 4) is 5.75 Å². The van der Waals surface area contributed by atoms with Gasteiger partial charge in [-0.15, -0.1) is 11.3 Å². The lowest BCUT2D eigenvalue weighted by atomic mass is 10.0. The second kappa shape index (κ2) is 5.98. The third kappa shape index (κ3) is 2.89. The van der Waals surface area contributed by atoms with Crippen LogP contribution in [-0.4, -0.2) is 14.2 Å². The molecule has 0 saturated heterocycles. The molecule has 0 fully saturated rings. The zero-order valence-corrected chi connectivity index (χ0v) is 11.3. The van der Waals surface area contributed by atoms with Crippen LogP contribution in [0, 0.1) is 5.82 Å². The number of benzene rings is 1. The van der Waals surface area contributed by atoms with Crippen LogP contribution in [0.4, 0.5) is 4.39 Å². The molecule has 0 bridgehead atoms. The molecule has 0 amide bonds. The Bertz CT molecular complexity index is 495. The number of nitrogens with one attached hydrogen (secondary N) is 1. The van der Waals surface area contributed by atoms with Gasteiger partial charge in [0.05, 0.1) is 12.0 Å². The van der Waals surface area contributed by atoms with E-state index >= 15 is 0 Å². The first-order valence-electron chi connectivity index (χ1n) is 5.77. The molecule has 96 valence electrons. The molecular formula is C14H16FNOS. The van der Waals surface area contributed by atoms with Crippen molar-refractivity contribution in [3.05, 3.63) is 52.0 Å². The van der Waals surface area contributed by atoms with Crippen molar-refractivity contribution < 1.29 is 9.13 Å². The van der Waals surface area contributed by atoms with Crippen LogP contribution >= 0.6 is 11.3 Å². The molecule has 0 spiro atoms. The fourth-order valence-electron chi connectivity index (χ4n) is 1.91. The van der Waals surface area contributed by atoms with E-state index in [4.69, 9.17) is 4.74 Å². The highest BCUT2D eigenvalue weighted by atomic mass is 32.1. The zero-order valence-electron chi connectivity index (χ0n) is 10.4. The summed E-state index contributed by atoms with van der Waals surface area (Å²) in [4.78, 5) is 1.17. The summed E-state index contributed by atoms with van der Waals surface area (Å²) in [7, 11) is 3.60. The highest BCUT2D eigenvalue weighted by molar-refractivity contribution is 7.10. The average Bonchev–Trinajstić information content (AvgIpc) is 2.86. The Labute approximate surface area is 110 Å². The maximum atomic E-state index is 12.9. The van der Waals surface area contributed by atoms with Crippen molar-refractivity contribution in [1.82, 2.24) is 5.32 Å². The largest absolute Gasteiger partial charge is 0.496 e. The Morgan fingerprint density at radius 3 is 2.61 bits per heavy atom. The van der Waals surface area contributed by atoms with Crippen LogP contribution in [0.1, 0.15) is 16.5 Å². The van der Waals surface area contributed by atoms with Gasteiger partial charge in [0.15, 0.2) is 0 Å². The quantitative estimate of drug-likeness (QED) is 0.894. The summed E-state index contributed by atoms with van der Waals surface area (Å²) in [5.41, 5.74) is 1.10. The normalized spacial score (nSPS) is 12.4. The number of rotatable bonds is 5. The molecule has 1 heterocycles. The molecule has 1 aromatic heterocycles. The molecule has 2 aromatic rings. The first kappa shape index (κ1) is 13.1. The molecule has 0 aliphatic heterocycles. The van der Waals surface area contributed by atoms with E-state index in [1.165, 1.54) is 17.0 Å². The van der Waals surface area contributed by atoms with E-state index in [2.05, 4.69) is 5.32 Å². The highest BCUT2D eigenvalue weighted by Gasteiger charge is 2.16. The number of methoxy groups -OCH3 is 1. The van der Waals surface area contributed by atoms with Crippen LogP contribution in [-0.2, 0) is 6.42 Å². The van der Waals surface area contributed by atoms with Gasteiger partial charge in [0.2, 0.25) is 0 Å². The molecule has 0 aliphatic carbocycles. The summed E-state index contributed by atoms with van der Waals surface area (Å²) >= 11 is 1.67. The second-order valence-electron chi connectivity index (χ2n) is 4.03. The van der Waals surface area contributed by atoms with Crippen LogP contribution in [0.15, 0.2) is 35.7 Å². The molecule has 0 aliphatic rings. The number of halogens is 1. The number of hydrogen-bond donors (Lipinski definition) is 1. The number of likely N-dealkylation sites (N-methyl/N-ethyl adjacent to an activating group) is 1. The number of hydrogen-bond acceptors (Lipinski definition) is 3. The van der Waals surface area contributed by atoms with Gasteiger partial charge in [-0.05, 0) is 42.6 Å². The van der Waals surface area contributed by atoms with Crippen molar-refractivity contribution in [1.29, 1.82) is 0 Å². The molecule has 1 N–H and O–H groups in total. The monoisotopic (exact) mass is 265 g/mol. The predicted molar refractivity (Wildman–Crippen MR) is 72.8 cm³/mol. The minimum atomic E-state index is -0.200. The highest BCUT2D eigenvalue weighted by Crippen LogP contribution is 2.32. The lowest BCUT2D eigenvalue weighted by Crippen LogP contribution is -2.18. The molecule has 1 atom stereocenters. The Morgan fingerprint density at radius 2 is 2.00 bits per heavy atom. The zero-order chi connectivity index (χ0) is 13.0. The van der Waals surface area contributed by atoms with Gasteiger partial charge in [0, 0.05) is 6.04 Å². The van der Waals surface area contributed by atoms with Gasteiger partial charge < -0.3 is 10.1 Å². The van der Waals surface area contributed by atoms with Crippen molar-refractivity contribution in [3.63, 3.8) is 0 Å². The lowest BCUT2D eigenvalue weighted by Gasteiger charge is -2.16. The van der Waals surface area contributed by atoms with Gasteiger partial charge >= 0.3 is 0 Å². The van der Waals surface area contributed by atoms with Crippen LogP contribution in [0.25, 0.3) is 0 Å². The van der Waals surface area contributed by atoms with Crippen LogP contribution in [0.3, 0.4) is 0 Å². The Hall–Kier alpha value is -1.39. The van der Waals surface area contributed by atoms with E-state index in [1.54, 1.807) is 18.4 Å². The summed E-state index contributed by atoms with van der Waals surface area (Å²) in [6, 6.07) is 8.78. The first-order valence-corrected chi connectivity index (χ1v) is 6.65. The topological polar surface area (TPSA) is 21.3 Å². The van der Waals surface area contributed by atoms with Gasteiger partial charge in [-0.25, -0.2) is 4.39 Å². The molecule has 1 unspecified atom stereocenters. The summed E-state index contributed by atoms with van der Waals surface area (Å²) < 4.78 is 18.2. The predicted octanol–water partition coefficient (Wildman–Crippen LogP) is 3.40. The molecule has 18 heavy (non-hydrogen) atoms. The molecule has 4 heteroatoms. The SMILES string of the molecule is CNC(Cc1ccc(F)cc1)c1sccc1OC. The van der Waals surface area contributed by atoms with E-state index in [0.717, 1.165) is 17.7 Å².